The first-order chi connectivity index (χ1) is 5.86. The van der Waals surface area contributed by atoms with Gasteiger partial charge in [0.05, 0.1) is 4.88 Å². The minimum Gasteiger partial charge on any atom is -0.297 e. The second-order valence-electron chi connectivity index (χ2n) is 2.55. The standard InChI is InChI=1S/C10H12OS/c1-2-3-4-5-9-6-7-10(8-11)12-9/h4-8H,2-3H2,1H3. The highest BCUT2D eigenvalue weighted by molar-refractivity contribution is 7.14. The van der Waals surface area contributed by atoms with E-state index in [-0.39, 0.29) is 0 Å². The van der Waals surface area contributed by atoms with Gasteiger partial charge in [0.25, 0.3) is 0 Å². The molecule has 12 heavy (non-hydrogen) atoms. The van der Waals surface area contributed by atoms with Gasteiger partial charge in [-0.1, -0.05) is 19.4 Å². The Morgan fingerprint density at radius 1 is 1.42 bits per heavy atom. The van der Waals surface area contributed by atoms with Crippen molar-refractivity contribution in [3.63, 3.8) is 0 Å². The molecule has 1 heterocycles. The first kappa shape index (κ1) is 9.20. The summed E-state index contributed by atoms with van der Waals surface area (Å²) in [5.74, 6) is 0. The summed E-state index contributed by atoms with van der Waals surface area (Å²) in [6.07, 6.45) is 7.38. The molecule has 0 spiro atoms. The number of carbonyl (C=O) groups is 1. The average molecular weight is 180 g/mol. The summed E-state index contributed by atoms with van der Waals surface area (Å²) in [6.45, 7) is 2.15. The maximum absolute atomic E-state index is 10.3. The number of hydrogen-bond donors (Lipinski definition) is 0. The van der Waals surface area contributed by atoms with Crippen LogP contribution in [0.4, 0.5) is 0 Å². The predicted molar refractivity (Wildman–Crippen MR) is 53.6 cm³/mol. The number of aldehydes is 1. The summed E-state index contributed by atoms with van der Waals surface area (Å²) >= 11 is 1.53. The Hall–Kier alpha value is -0.890. The van der Waals surface area contributed by atoms with Crippen LogP contribution in [0.25, 0.3) is 6.08 Å². The minimum atomic E-state index is 0.797. The van der Waals surface area contributed by atoms with Crippen LogP contribution in [0.3, 0.4) is 0 Å². The Labute approximate surface area is 76.7 Å². The summed E-state index contributed by atoms with van der Waals surface area (Å²) in [4.78, 5) is 12.3. The van der Waals surface area contributed by atoms with Crippen molar-refractivity contribution in [1.82, 2.24) is 0 Å². The van der Waals surface area contributed by atoms with Crippen molar-refractivity contribution in [2.24, 2.45) is 0 Å². The molecule has 0 aliphatic heterocycles. The van der Waals surface area contributed by atoms with Crippen molar-refractivity contribution in [1.29, 1.82) is 0 Å². The van der Waals surface area contributed by atoms with Gasteiger partial charge in [-0.15, -0.1) is 11.3 Å². The summed E-state index contributed by atoms with van der Waals surface area (Å²) < 4.78 is 0. The van der Waals surface area contributed by atoms with E-state index in [9.17, 15) is 4.79 Å². The number of hydrogen-bond acceptors (Lipinski definition) is 2. The Morgan fingerprint density at radius 2 is 2.17 bits per heavy atom. The molecule has 2 heteroatoms. The first-order valence-corrected chi connectivity index (χ1v) is 4.90. The van der Waals surface area contributed by atoms with Crippen molar-refractivity contribution in [2.45, 2.75) is 19.8 Å². The lowest BCUT2D eigenvalue weighted by Gasteiger charge is -1.83. The Morgan fingerprint density at radius 3 is 2.75 bits per heavy atom. The van der Waals surface area contributed by atoms with Crippen molar-refractivity contribution in [3.05, 3.63) is 28.0 Å². The quantitative estimate of drug-likeness (QED) is 0.649. The Balaban J connectivity index is 2.57. The molecule has 64 valence electrons. The van der Waals surface area contributed by atoms with Gasteiger partial charge in [0.2, 0.25) is 0 Å². The zero-order valence-electron chi connectivity index (χ0n) is 7.12. The third kappa shape index (κ3) is 2.62. The lowest BCUT2D eigenvalue weighted by molar-refractivity contribution is 0.112. The highest BCUT2D eigenvalue weighted by Crippen LogP contribution is 2.16. The van der Waals surface area contributed by atoms with Crippen LogP contribution in [0.2, 0.25) is 0 Å². The molecular formula is C10H12OS. The lowest BCUT2D eigenvalue weighted by atomic mass is 10.3. The normalized spacial score (nSPS) is 10.8. The summed E-state index contributed by atoms with van der Waals surface area (Å²) in [5.41, 5.74) is 0. The van der Waals surface area contributed by atoms with Crippen LogP contribution >= 0.6 is 11.3 Å². The van der Waals surface area contributed by atoms with Gasteiger partial charge in [-0.2, -0.15) is 0 Å². The van der Waals surface area contributed by atoms with E-state index in [0.29, 0.717) is 0 Å². The highest BCUT2D eigenvalue weighted by Gasteiger charge is 1.93. The SMILES string of the molecule is CCCC=Cc1ccc(C=O)s1. The van der Waals surface area contributed by atoms with E-state index < -0.39 is 0 Å². The van der Waals surface area contributed by atoms with Crippen molar-refractivity contribution in [2.75, 3.05) is 0 Å². The fourth-order valence-corrected chi connectivity index (χ4v) is 1.64. The molecule has 0 bridgehead atoms. The van der Waals surface area contributed by atoms with E-state index in [4.69, 9.17) is 0 Å². The van der Waals surface area contributed by atoms with E-state index in [1.807, 2.05) is 12.1 Å². The summed E-state index contributed by atoms with van der Waals surface area (Å²) in [7, 11) is 0. The number of rotatable bonds is 4. The van der Waals surface area contributed by atoms with E-state index in [1.54, 1.807) is 0 Å². The van der Waals surface area contributed by atoms with Gasteiger partial charge in [0.1, 0.15) is 0 Å². The smallest absolute Gasteiger partial charge is 0.160 e. The predicted octanol–water partition coefficient (Wildman–Crippen LogP) is 3.37. The van der Waals surface area contributed by atoms with Crippen molar-refractivity contribution >= 4 is 23.7 Å². The van der Waals surface area contributed by atoms with E-state index in [0.717, 1.165) is 22.5 Å². The van der Waals surface area contributed by atoms with Crippen LogP contribution in [-0.2, 0) is 0 Å². The molecule has 0 fully saturated rings. The molecule has 1 aromatic heterocycles. The monoisotopic (exact) mass is 180 g/mol. The Bertz CT molecular complexity index is 273. The molecule has 0 radical (unpaired) electrons. The Kier molecular flexibility index (Phi) is 3.74. The summed E-state index contributed by atoms with van der Waals surface area (Å²) in [6, 6.07) is 3.82. The molecule has 0 unspecified atom stereocenters. The largest absolute Gasteiger partial charge is 0.297 e. The van der Waals surface area contributed by atoms with Crippen molar-refractivity contribution in [3.8, 4) is 0 Å². The van der Waals surface area contributed by atoms with Crippen LogP contribution in [0, 0.1) is 0 Å². The molecule has 0 saturated carbocycles. The van der Waals surface area contributed by atoms with Crippen LogP contribution in [0.5, 0.6) is 0 Å². The molecule has 0 aromatic carbocycles. The third-order valence-electron chi connectivity index (χ3n) is 1.50. The molecule has 0 amide bonds. The van der Waals surface area contributed by atoms with Gasteiger partial charge >= 0.3 is 0 Å². The number of thiophene rings is 1. The molecule has 0 saturated heterocycles. The fourth-order valence-electron chi connectivity index (χ4n) is 0.887. The molecular weight excluding hydrogens is 168 g/mol. The van der Waals surface area contributed by atoms with Gasteiger partial charge in [0, 0.05) is 4.88 Å². The van der Waals surface area contributed by atoms with Gasteiger partial charge in [-0.05, 0) is 24.6 Å². The van der Waals surface area contributed by atoms with E-state index in [1.165, 1.54) is 17.8 Å². The maximum atomic E-state index is 10.3. The van der Waals surface area contributed by atoms with E-state index >= 15 is 0 Å². The second kappa shape index (κ2) is 4.88. The van der Waals surface area contributed by atoms with Gasteiger partial charge < -0.3 is 0 Å². The molecule has 0 aliphatic carbocycles. The zero-order valence-corrected chi connectivity index (χ0v) is 7.93. The van der Waals surface area contributed by atoms with Gasteiger partial charge in [-0.25, -0.2) is 0 Å². The van der Waals surface area contributed by atoms with Crippen LogP contribution in [0.1, 0.15) is 34.3 Å². The van der Waals surface area contributed by atoms with Crippen LogP contribution in [0.15, 0.2) is 18.2 Å². The van der Waals surface area contributed by atoms with Gasteiger partial charge in [0.15, 0.2) is 6.29 Å². The topological polar surface area (TPSA) is 17.1 Å². The molecule has 1 nitrogen and oxygen atoms in total. The van der Waals surface area contributed by atoms with E-state index in [2.05, 4.69) is 19.1 Å². The molecule has 1 rings (SSSR count). The summed E-state index contributed by atoms with van der Waals surface area (Å²) in [5, 5.41) is 0. The first-order valence-electron chi connectivity index (χ1n) is 4.08. The number of unbranched alkanes of at least 4 members (excludes halogenated alkanes) is 1. The van der Waals surface area contributed by atoms with Crippen molar-refractivity contribution < 1.29 is 4.79 Å². The van der Waals surface area contributed by atoms with Crippen LogP contribution in [-0.4, -0.2) is 6.29 Å². The fraction of sp³-hybridized carbons (Fsp3) is 0.300. The maximum Gasteiger partial charge on any atom is 0.160 e. The zero-order chi connectivity index (χ0) is 8.81. The van der Waals surface area contributed by atoms with Crippen LogP contribution < -0.4 is 0 Å². The lowest BCUT2D eigenvalue weighted by Crippen LogP contribution is -1.62. The average Bonchev–Trinajstić information content (AvgIpc) is 2.53. The highest BCUT2D eigenvalue weighted by atomic mass is 32.1. The number of allylic oxidation sites excluding steroid dienone is 1. The molecule has 0 N–H and O–H groups in total. The third-order valence-corrected chi connectivity index (χ3v) is 2.48. The molecule has 0 aliphatic rings. The second-order valence-corrected chi connectivity index (χ2v) is 3.70. The van der Waals surface area contributed by atoms with Gasteiger partial charge in [-0.3, -0.25) is 4.79 Å². The molecule has 1 aromatic rings. The number of carbonyl (C=O) groups excluding carboxylic acids is 1. The minimum absolute atomic E-state index is 0.797. The molecule has 0 atom stereocenters.